The molecule has 1 aromatic heterocycles. The largest absolute Gasteiger partial charge is 0.323 e. The molecule has 2 bridgehead atoms. The van der Waals surface area contributed by atoms with E-state index in [-0.39, 0.29) is 42.0 Å². The van der Waals surface area contributed by atoms with Gasteiger partial charge in [-0.15, -0.1) is 0 Å². The highest BCUT2D eigenvalue weighted by molar-refractivity contribution is 6.31. The normalized spacial score (nSPS) is 27.5. The van der Waals surface area contributed by atoms with Crippen LogP contribution in [-0.4, -0.2) is 43.9 Å². The first-order valence-electron chi connectivity index (χ1n) is 9.01. The fourth-order valence-electron chi connectivity index (χ4n) is 4.59. The van der Waals surface area contributed by atoms with E-state index >= 15 is 0 Å². The number of anilines is 1. The molecule has 2 fully saturated rings. The Kier molecular flexibility index (Phi) is 3.83. The lowest BCUT2D eigenvalue weighted by Crippen LogP contribution is -2.39. The molecule has 1 aromatic carbocycles. The van der Waals surface area contributed by atoms with E-state index in [9.17, 15) is 14.4 Å². The monoisotopic (exact) mass is 397 g/mol. The molecule has 0 spiro atoms. The van der Waals surface area contributed by atoms with Crippen LogP contribution < -0.4 is 5.32 Å². The Bertz CT molecular complexity index is 989. The van der Waals surface area contributed by atoms with Gasteiger partial charge in [-0.1, -0.05) is 23.8 Å². The van der Waals surface area contributed by atoms with E-state index in [1.54, 1.807) is 18.2 Å². The van der Waals surface area contributed by atoms with Crippen LogP contribution in [0.25, 0.3) is 5.69 Å². The van der Waals surface area contributed by atoms with Crippen molar-refractivity contribution < 1.29 is 14.4 Å². The first-order chi connectivity index (χ1) is 13.5. The van der Waals surface area contributed by atoms with Crippen LogP contribution in [-0.2, 0) is 14.4 Å². The summed E-state index contributed by atoms with van der Waals surface area (Å²) in [5.41, 5.74) is 0.998. The van der Waals surface area contributed by atoms with Gasteiger partial charge in [0, 0.05) is 5.02 Å². The third kappa shape index (κ3) is 2.56. The fraction of sp³-hybridized carbons (Fsp3) is 0.316. The predicted molar refractivity (Wildman–Crippen MR) is 99.4 cm³/mol. The Balaban J connectivity index is 1.35. The van der Waals surface area contributed by atoms with Crippen molar-refractivity contribution in [3.8, 4) is 5.69 Å². The molecule has 3 aliphatic rings. The molecule has 1 saturated heterocycles. The molecule has 2 aliphatic carbocycles. The summed E-state index contributed by atoms with van der Waals surface area (Å²) in [5, 5.41) is 7.23. The molecule has 8 nitrogen and oxygen atoms in total. The summed E-state index contributed by atoms with van der Waals surface area (Å²) in [6.07, 6.45) is 7.78. The van der Waals surface area contributed by atoms with Crippen molar-refractivity contribution in [2.24, 2.45) is 23.7 Å². The van der Waals surface area contributed by atoms with E-state index in [0.29, 0.717) is 16.4 Å². The van der Waals surface area contributed by atoms with E-state index in [1.807, 2.05) is 12.2 Å². The number of nitrogens with zero attached hydrogens (tertiary/aromatic N) is 4. The highest BCUT2D eigenvalue weighted by Crippen LogP contribution is 2.52. The number of allylic oxidation sites excluding steroid dienone is 2. The minimum Gasteiger partial charge on any atom is -0.323 e. The summed E-state index contributed by atoms with van der Waals surface area (Å²) >= 11 is 6.06. The number of carbonyl (C=O) groups is 3. The van der Waals surface area contributed by atoms with Crippen LogP contribution in [0.4, 0.5) is 5.69 Å². The molecule has 9 heteroatoms. The van der Waals surface area contributed by atoms with Crippen molar-refractivity contribution in [2.75, 3.05) is 11.9 Å². The molecule has 4 atom stereocenters. The second-order valence-electron chi connectivity index (χ2n) is 7.31. The Morgan fingerprint density at radius 2 is 1.89 bits per heavy atom. The van der Waals surface area contributed by atoms with Gasteiger partial charge in [-0.2, -0.15) is 5.10 Å². The maximum absolute atomic E-state index is 12.7. The van der Waals surface area contributed by atoms with Gasteiger partial charge in [0.1, 0.15) is 19.2 Å². The number of hydrogen-bond acceptors (Lipinski definition) is 5. The van der Waals surface area contributed by atoms with Gasteiger partial charge in [0.25, 0.3) is 0 Å². The van der Waals surface area contributed by atoms with Gasteiger partial charge in [0.15, 0.2) is 0 Å². The number of amides is 3. The molecule has 1 saturated carbocycles. The second kappa shape index (κ2) is 6.27. The first kappa shape index (κ1) is 17.1. The van der Waals surface area contributed by atoms with Crippen LogP contribution in [0, 0.1) is 23.7 Å². The van der Waals surface area contributed by atoms with Gasteiger partial charge < -0.3 is 5.32 Å². The third-order valence-electron chi connectivity index (χ3n) is 5.76. The topological polar surface area (TPSA) is 97.2 Å². The van der Waals surface area contributed by atoms with Gasteiger partial charge in [-0.05, 0) is 36.5 Å². The SMILES string of the molecule is O=C(CN1C(=O)C2C3C=CC(C3)C2C1=O)Nc1cc(Cl)ccc1-n1cncn1. The number of hydrogen-bond donors (Lipinski definition) is 1. The summed E-state index contributed by atoms with van der Waals surface area (Å²) in [7, 11) is 0. The predicted octanol–water partition coefficient (Wildman–Crippen LogP) is 1.67. The summed E-state index contributed by atoms with van der Waals surface area (Å²) in [6, 6.07) is 4.96. The van der Waals surface area contributed by atoms with Crippen LogP contribution >= 0.6 is 11.6 Å². The smallest absolute Gasteiger partial charge is 0.244 e. The zero-order valence-electron chi connectivity index (χ0n) is 14.7. The summed E-state index contributed by atoms with van der Waals surface area (Å²) in [5.74, 6) is -1.35. The number of nitrogens with one attached hydrogen (secondary N) is 1. The lowest BCUT2D eigenvalue weighted by Gasteiger charge is -2.17. The molecular formula is C19H16ClN5O3. The van der Waals surface area contributed by atoms with Gasteiger partial charge in [-0.3, -0.25) is 19.3 Å². The van der Waals surface area contributed by atoms with Crippen LogP contribution in [0.2, 0.25) is 5.02 Å². The molecule has 2 heterocycles. The van der Waals surface area contributed by atoms with E-state index in [4.69, 9.17) is 11.6 Å². The average Bonchev–Trinajstić information content (AvgIpc) is 3.44. The number of rotatable bonds is 4. The number of likely N-dealkylation sites (tertiary alicyclic amines) is 1. The van der Waals surface area contributed by atoms with E-state index in [0.717, 1.165) is 11.3 Å². The number of benzene rings is 1. The first-order valence-corrected chi connectivity index (χ1v) is 9.38. The van der Waals surface area contributed by atoms with Gasteiger partial charge in [-0.25, -0.2) is 9.67 Å². The highest BCUT2D eigenvalue weighted by Gasteiger charge is 2.59. The molecule has 5 rings (SSSR count). The summed E-state index contributed by atoms with van der Waals surface area (Å²) < 4.78 is 1.49. The van der Waals surface area contributed by atoms with Crippen LogP contribution in [0.15, 0.2) is 43.0 Å². The molecule has 28 heavy (non-hydrogen) atoms. The minimum atomic E-state index is -0.467. The van der Waals surface area contributed by atoms with Gasteiger partial charge >= 0.3 is 0 Å². The van der Waals surface area contributed by atoms with E-state index < -0.39 is 5.91 Å². The number of fused-ring (bicyclic) bond motifs is 5. The average molecular weight is 398 g/mol. The Morgan fingerprint density at radius 1 is 1.18 bits per heavy atom. The minimum absolute atomic E-state index is 0.117. The maximum Gasteiger partial charge on any atom is 0.244 e. The number of imide groups is 1. The number of aromatic nitrogens is 3. The number of carbonyl (C=O) groups excluding carboxylic acids is 3. The molecular weight excluding hydrogens is 382 g/mol. The lowest BCUT2D eigenvalue weighted by molar-refractivity contribution is -0.143. The van der Waals surface area contributed by atoms with Gasteiger partial charge in [0.2, 0.25) is 17.7 Å². The standard InChI is InChI=1S/C19H16ClN5O3/c20-12-3-4-14(25-9-21-8-22-25)13(6-12)23-15(26)7-24-18(27)16-10-1-2-11(5-10)17(16)19(24)28/h1-4,6,8-11,16-17H,5,7H2,(H,23,26). The maximum atomic E-state index is 12.7. The van der Waals surface area contributed by atoms with Gasteiger partial charge in [0.05, 0.1) is 23.2 Å². The van der Waals surface area contributed by atoms with Crippen LogP contribution in [0.1, 0.15) is 6.42 Å². The molecule has 1 aliphatic heterocycles. The molecule has 142 valence electrons. The third-order valence-corrected chi connectivity index (χ3v) is 6.00. The van der Waals surface area contributed by atoms with Crippen molar-refractivity contribution in [1.29, 1.82) is 0 Å². The molecule has 0 radical (unpaired) electrons. The highest BCUT2D eigenvalue weighted by atomic mass is 35.5. The van der Waals surface area contributed by atoms with Crippen molar-refractivity contribution in [3.63, 3.8) is 0 Å². The molecule has 3 amide bonds. The fourth-order valence-corrected chi connectivity index (χ4v) is 4.77. The lowest BCUT2D eigenvalue weighted by atomic mass is 9.85. The summed E-state index contributed by atoms with van der Waals surface area (Å²) in [4.78, 5) is 43.1. The Hall–Kier alpha value is -3.00. The zero-order chi connectivity index (χ0) is 19.4. The van der Waals surface area contributed by atoms with Crippen molar-refractivity contribution in [1.82, 2.24) is 19.7 Å². The Morgan fingerprint density at radius 3 is 2.54 bits per heavy atom. The molecule has 4 unspecified atom stereocenters. The van der Waals surface area contributed by atoms with Crippen LogP contribution in [0.3, 0.4) is 0 Å². The Labute approximate surface area is 165 Å². The van der Waals surface area contributed by atoms with Crippen molar-refractivity contribution in [2.45, 2.75) is 6.42 Å². The molecule has 1 N–H and O–H groups in total. The second-order valence-corrected chi connectivity index (χ2v) is 7.75. The van der Waals surface area contributed by atoms with Crippen LogP contribution in [0.5, 0.6) is 0 Å². The number of halogens is 1. The quantitative estimate of drug-likeness (QED) is 0.625. The molecule has 2 aromatic rings. The van der Waals surface area contributed by atoms with Crippen molar-refractivity contribution in [3.05, 3.63) is 48.0 Å². The summed E-state index contributed by atoms with van der Waals surface area (Å²) in [6.45, 7) is -0.312. The van der Waals surface area contributed by atoms with Crippen molar-refractivity contribution >= 4 is 35.0 Å². The zero-order valence-corrected chi connectivity index (χ0v) is 15.4. The van der Waals surface area contributed by atoms with E-state index in [1.165, 1.54) is 17.3 Å². The van der Waals surface area contributed by atoms with E-state index in [2.05, 4.69) is 15.4 Å².